The SMILES string of the molecule is Cc1noc(-c2ccccc2NCc2ccco2)n1. The van der Waals surface area contributed by atoms with Crippen LogP contribution in [-0.4, -0.2) is 10.1 Å². The van der Waals surface area contributed by atoms with Crippen LogP contribution in [0.4, 0.5) is 5.69 Å². The Morgan fingerprint density at radius 2 is 2.05 bits per heavy atom. The minimum Gasteiger partial charge on any atom is -0.467 e. The molecule has 5 nitrogen and oxygen atoms in total. The van der Waals surface area contributed by atoms with E-state index < -0.39 is 0 Å². The molecule has 2 heterocycles. The van der Waals surface area contributed by atoms with Crippen molar-refractivity contribution in [3.63, 3.8) is 0 Å². The lowest BCUT2D eigenvalue weighted by Gasteiger charge is -2.07. The van der Waals surface area contributed by atoms with Gasteiger partial charge < -0.3 is 14.3 Å². The van der Waals surface area contributed by atoms with Gasteiger partial charge in [-0.25, -0.2) is 0 Å². The Balaban J connectivity index is 1.85. The standard InChI is InChI=1S/C14H13N3O2/c1-10-16-14(19-17-10)12-6-2-3-7-13(12)15-9-11-5-4-8-18-11/h2-8,15H,9H2,1H3. The zero-order valence-corrected chi connectivity index (χ0v) is 10.5. The van der Waals surface area contributed by atoms with Crippen LogP contribution in [0.2, 0.25) is 0 Å². The smallest absolute Gasteiger partial charge is 0.260 e. The Labute approximate surface area is 110 Å². The molecule has 0 aliphatic carbocycles. The maximum Gasteiger partial charge on any atom is 0.260 e. The van der Waals surface area contributed by atoms with Gasteiger partial charge in [-0.15, -0.1) is 0 Å². The third kappa shape index (κ3) is 2.49. The molecule has 19 heavy (non-hydrogen) atoms. The maximum atomic E-state index is 5.29. The molecule has 1 N–H and O–H groups in total. The first-order valence-electron chi connectivity index (χ1n) is 5.99. The number of nitrogens with one attached hydrogen (secondary N) is 1. The average molecular weight is 255 g/mol. The molecule has 3 aromatic rings. The van der Waals surface area contributed by atoms with Crippen molar-refractivity contribution in [2.45, 2.75) is 13.5 Å². The molecule has 0 atom stereocenters. The van der Waals surface area contributed by atoms with Crippen LogP contribution in [0.15, 0.2) is 51.6 Å². The van der Waals surface area contributed by atoms with Crippen molar-refractivity contribution in [3.8, 4) is 11.5 Å². The highest BCUT2D eigenvalue weighted by atomic mass is 16.5. The Morgan fingerprint density at radius 1 is 1.16 bits per heavy atom. The van der Waals surface area contributed by atoms with E-state index in [1.165, 1.54) is 0 Å². The van der Waals surface area contributed by atoms with Crippen molar-refractivity contribution in [3.05, 3.63) is 54.2 Å². The van der Waals surface area contributed by atoms with Crippen LogP contribution in [0.25, 0.3) is 11.5 Å². The van der Waals surface area contributed by atoms with Crippen LogP contribution in [0.3, 0.4) is 0 Å². The van der Waals surface area contributed by atoms with E-state index in [-0.39, 0.29) is 0 Å². The normalized spacial score (nSPS) is 10.6. The molecule has 96 valence electrons. The number of rotatable bonds is 4. The van der Waals surface area contributed by atoms with E-state index in [1.807, 2.05) is 36.4 Å². The molecule has 0 radical (unpaired) electrons. The van der Waals surface area contributed by atoms with E-state index in [0.29, 0.717) is 18.3 Å². The van der Waals surface area contributed by atoms with Gasteiger partial charge in [0.2, 0.25) is 0 Å². The predicted octanol–water partition coefficient (Wildman–Crippen LogP) is 3.25. The quantitative estimate of drug-likeness (QED) is 0.775. The summed E-state index contributed by atoms with van der Waals surface area (Å²) >= 11 is 0. The summed E-state index contributed by atoms with van der Waals surface area (Å²) in [7, 11) is 0. The number of hydrogen-bond acceptors (Lipinski definition) is 5. The third-order valence-electron chi connectivity index (χ3n) is 2.72. The van der Waals surface area contributed by atoms with Crippen LogP contribution in [0.5, 0.6) is 0 Å². The first kappa shape index (κ1) is 11.5. The molecule has 0 saturated carbocycles. The van der Waals surface area contributed by atoms with Gasteiger partial charge in [0.15, 0.2) is 5.82 Å². The molecule has 0 saturated heterocycles. The van der Waals surface area contributed by atoms with Crippen LogP contribution in [-0.2, 0) is 6.54 Å². The summed E-state index contributed by atoms with van der Waals surface area (Å²) in [5, 5.41) is 7.11. The van der Waals surface area contributed by atoms with Crippen LogP contribution < -0.4 is 5.32 Å². The molecular formula is C14H13N3O2. The molecule has 0 aliphatic rings. The van der Waals surface area contributed by atoms with Crippen LogP contribution in [0, 0.1) is 6.92 Å². The lowest BCUT2D eigenvalue weighted by molar-refractivity contribution is 0.425. The number of hydrogen-bond donors (Lipinski definition) is 1. The van der Waals surface area contributed by atoms with Gasteiger partial charge in [0, 0.05) is 5.69 Å². The number of nitrogens with zero attached hydrogens (tertiary/aromatic N) is 2. The van der Waals surface area contributed by atoms with Gasteiger partial charge >= 0.3 is 0 Å². The topological polar surface area (TPSA) is 64.1 Å². The fraction of sp³-hybridized carbons (Fsp3) is 0.143. The summed E-state index contributed by atoms with van der Waals surface area (Å²) in [5.41, 5.74) is 1.82. The fourth-order valence-electron chi connectivity index (χ4n) is 1.83. The molecule has 5 heteroatoms. The molecule has 0 amide bonds. The number of anilines is 1. The summed E-state index contributed by atoms with van der Waals surface area (Å²) in [6.07, 6.45) is 1.66. The minimum absolute atomic E-state index is 0.514. The van der Waals surface area contributed by atoms with Gasteiger partial charge in [-0.05, 0) is 31.2 Å². The van der Waals surface area contributed by atoms with E-state index in [4.69, 9.17) is 8.94 Å². The largest absolute Gasteiger partial charge is 0.467 e. The van der Waals surface area contributed by atoms with Gasteiger partial charge in [-0.2, -0.15) is 4.98 Å². The monoisotopic (exact) mass is 255 g/mol. The number of aromatic nitrogens is 2. The number of furan rings is 1. The summed E-state index contributed by atoms with van der Waals surface area (Å²) in [6, 6.07) is 11.6. The highest BCUT2D eigenvalue weighted by Gasteiger charge is 2.11. The first-order chi connectivity index (χ1) is 9.33. The first-order valence-corrected chi connectivity index (χ1v) is 5.99. The predicted molar refractivity (Wildman–Crippen MR) is 70.5 cm³/mol. The Hall–Kier alpha value is -2.56. The van der Waals surface area contributed by atoms with E-state index >= 15 is 0 Å². The van der Waals surface area contributed by atoms with Crippen LogP contribution >= 0.6 is 0 Å². The lowest BCUT2D eigenvalue weighted by Crippen LogP contribution is -1.99. The number of para-hydroxylation sites is 1. The molecule has 1 aromatic carbocycles. The van der Waals surface area contributed by atoms with Crippen molar-refractivity contribution in [2.24, 2.45) is 0 Å². The van der Waals surface area contributed by atoms with Crippen molar-refractivity contribution in [1.82, 2.24) is 10.1 Å². The summed E-state index contributed by atoms with van der Waals surface area (Å²) in [5.74, 6) is 2.01. The van der Waals surface area contributed by atoms with Gasteiger partial charge in [-0.1, -0.05) is 17.3 Å². The lowest BCUT2D eigenvalue weighted by atomic mass is 10.1. The van der Waals surface area contributed by atoms with Crippen molar-refractivity contribution < 1.29 is 8.94 Å². The zero-order valence-electron chi connectivity index (χ0n) is 10.5. The summed E-state index contributed by atoms with van der Waals surface area (Å²) in [6.45, 7) is 2.41. The number of benzene rings is 1. The van der Waals surface area contributed by atoms with E-state index in [0.717, 1.165) is 17.0 Å². The Kier molecular flexibility index (Phi) is 3.02. The van der Waals surface area contributed by atoms with E-state index in [1.54, 1.807) is 13.2 Å². The molecule has 2 aromatic heterocycles. The highest BCUT2D eigenvalue weighted by molar-refractivity contribution is 5.72. The second-order valence-electron chi connectivity index (χ2n) is 4.13. The Bertz CT molecular complexity index is 659. The fourth-order valence-corrected chi connectivity index (χ4v) is 1.83. The molecule has 0 fully saturated rings. The molecule has 0 aliphatic heterocycles. The zero-order chi connectivity index (χ0) is 13.1. The molecule has 0 unspecified atom stereocenters. The maximum absolute atomic E-state index is 5.29. The van der Waals surface area contributed by atoms with Gasteiger partial charge in [0.1, 0.15) is 5.76 Å². The second kappa shape index (κ2) is 4.97. The molecule has 0 bridgehead atoms. The van der Waals surface area contributed by atoms with Crippen molar-refractivity contribution in [1.29, 1.82) is 0 Å². The molecule has 0 spiro atoms. The minimum atomic E-state index is 0.514. The van der Waals surface area contributed by atoms with E-state index in [2.05, 4.69) is 15.5 Å². The van der Waals surface area contributed by atoms with Crippen molar-refractivity contribution in [2.75, 3.05) is 5.32 Å². The van der Waals surface area contributed by atoms with E-state index in [9.17, 15) is 0 Å². The average Bonchev–Trinajstić information content (AvgIpc) is 3.08. The van der Waals surface area contributed by atoms with Gasteiger partial charge in [0.05, 0.1) is 18.4 Å². The van der Waals surface area contributed by atoms with Gasteiger partial charge in [0.25, 0.3) is 5.89 Å². The molecule has 3 rings (SSSR count). The summed E-state index contributed by atoms with van der Waals surface area (Å²) in [4.78, 5) is 4.25. The highest BCUT2D eigenvalue weighted by Crippen LogP contribution is 2.26. The summed E-state index contributed by atoms with van der Waals surface area (Å²) < 4.78 is 10.5. The number of aryl methyl sites for hydroxylation is 1. The van der Waals surface area contributed by atoms with Crippen LogP contribution in [0.1, 0.15) is 11.6 Å². The molecular weight excluding hydrogens is 242 g/mol. The Morgan fingerprint density at radius 3 is 2.79 bits per heavy atom. The third-order valence-corrected chi connectivity index (χ3v) is 2.72. The van der Waals surface area contributed by atoms with Gasteiger partial charge in [-0.3, -0.25) is 0 Å². The second-order valence-corrected chi connectivity index (χ2v) is 4.13. The van der Waals surface area contributed by atoms with Crippen molar-refractivity contribution >= 4 is 5.69 Å².